The number of aromatic hydroxyl groups is 1. The summed E-state index contributed by atoms with van der Waals surface area (Å²) >= 11 is 3.36. The maximum absolute atomic E-state index is 11.2. The van der Waals surface area contributed by atoms with Crippen molar-refractivity contribution in [2.24, 2.45) is 5.92 Å². The lowest BCUT2D eigenvalue weighted by Gasteiger charge is -2.27. The normalized spacial score (nSPS) is 24.2. The first-order chi connectivity index (χ1) is 12.0. The SMILES string of the molecule is O=[N+]([O-])CC(c1ccc(Br)cc1)C1C(O)NNC1c1ccccc1O. The molecule has 0 radical (unpaired) electrons. The number of nitrogens with zero attached hydrogens (tertiary/aromatic N) is 1. The van der Waals surface area contributed by atoms with E-state index in [4.69, 9.17) is 0 Å². The lowest BCUT2D eigenvalue weighted by atomic mass is 9.78. The third-order valence-corrected chi connectivity index (χ3v) is 5.05. The largest absolute Gasteiger partial charge is 0.508 e. The van der Waals surface area contributed by atoms with Crippen molar-refractivity contribution in [3.63, 3.8) is 0 Å². The summed E-state index contributed by atoms with van der Waals surface area (Å²) in [6, 6.07) is 13.6. The minimum atomic E-state index is -0.988. The number of benzene rings is 2. The summed E-state index contributed by atoms with van der Waals surface area (Å²) in [5.74, 6) is -0.985. The van der Waals surface area contributed by atoms with Crippen molar-refractivity contribution in [2.75, 3.05) is 6.54 Å². The van der Waals surface area contributed by atoms with Crippen LogP contribution in [-0.2, 0) is 0 Å². The van der Waals surface area contributed by atoms with Crippen molar-refractivity contribution in [1.29, 1.82) is 0 Å². The number of hydrogen-bond donors (Lipinski definition) is 4. The van der Waals surface area contributed by atoms with Gasteiger partial charge in [-0.05, 0) is 23.8 Å². The molecule has 0 aliphatic carbocycles. The van der Waals surface area contributed by atoms with E-state index in [1.807, 2.05) is 24.3 Å². The summed E-state index contributed by atoms with van der Waals surface area (Å²) in [6.45, 7) is -0.323. The molecule has 4 unspecified atom stereocenters. The van der Waals surface area contributed by atoms with Gasteiger partial charge in [-0.1, -0.05) is 46.3 Å². The maximum Gasteiger partial charge on any atom is 0.211 e. The van der Waals surface area contributed by atoms with Crippen molar-refractivity contribution in [3.05, 3.63) is 74.2 Å². The predicted octanol–water partition coefficient (Wildman–Crippen LogP) is 2.30. The number of aliphatic hydroxyl groups is 1. The van der Waals surface area contributed by atoms with Crippen LogP contribution in [0.3, 0.4) is 0 Å². The molecule has 1 aliphatic rings. The minimum absolute atomic E-state index is 0.0801. The Morgan fingerprint density at radius 3 is 2.48 bits per heavy atom. The Morgan fingerprint density at radius 2 is 1.84 bits per heavy atom. The Bertz CT molecular complexity index is 756. The van der Waals surface area contributed by atoms with Gasteiger partial charge < -0.3 is 10.2 Å². The van der Waals surface area contributed by atoms with Gasteiger partial charge in [0.1, 0.15) is 12.0 Å². The summed E-state index contributed by atoms with van der Waals surface area (Å²) in [4.78, 5) is 10.9. The molecule has 4 atom stereocenters. The van der Waals surface area contributed by atoms with E-state index in [-0.39, 0.29) is 17.2 Å². The van der Waals surface area contributed by atoms with Crippen molar-refractivity contribution < 1.29 is 15.1 Å². The van der Waals surface area contributed by atoms with Crippen LogP contribution in [0.1, 0.15) is 23.1 Å². The van der Waals surface area contributed by atoms with Crippen molar-refractivity contribution in [3.8, 4) is 5.75 Å². The molecule has 0 spiro atoms. The number of phenolic OH excluding ortho intramolecular Hbond substituents is 1. The monoisotopic (exact) mass is 407 g/mol. The molecule has 1 aliphatic heterocycles. The highest BCUT2D eigenvalue weighted by atomic mass is 79.9. The lowest BCUT2D eigenvalue weighted by molar-refractivity contribution is -0.485. The minimum Gasteiger partial charge on any atom is -0.508 e. The summed E-state index contributed by atoms with van der Waals surface area (Å²) in [6.07, 6.45) is -0.988. The third kappa shape index (κ3) is 3.82. The second-order valence-electron chi connectivity index (χ2n) is 6.02. The predicted molar refractivity (Wildman–Crippen MR) is 95.4 cm³/mol. The first kappa shape index (κ1) is 17.8. The number of nitrogens with one attached hydrogen (secondary N) is 2. The zero-order chi connectivity index (χ0) is 18.0. The number of rotatable bonds is 5. The number of para-hydroxylation sites is 1. The Labute approximate surface area is 152 Å². The van der Waals surface area contributed by atoms with E-state index < -0.39 is 24.1 Å². The fourth-order valence-electron chi connectivity index (χ4n) is 3.36. The summed E-state index contributed by atoms with van der Waals surface area (Å²) in [7, 11) is 0. The molecule has 4 N–H and O–H groups in total. The highest BCUT2D eigenvalue weighted by molar-refractivity contribution is 9.10. The molecule has 0 aromatic heterocycles. The Balaban J connectivity index is 2.01. The van der Waals surface area contributed by atoms with E-state index in [2.05, 4.69) is 26.8 Å². The topological polar surface area (TPSA) is 108 Å². The molecule has 8 heteroatoms. The molecule has 1 fully saturated rings. The van der Waals surface area contributed by atoms with Crippen molar-refractivity contribution in [1.82, 2.24) is 10.9 Å². The molecule has 132 valence electrons. The van der Waals surface area contributed by atoms with Gasteiger partial charge in [0, 0.05) is 20.9 Å². The molecule has 25 heavy (non-hydrogen) atoms. The van der Waals surface area contributed by atoms with Gasteiger partial charge in [-0.25, -0.2) is 10.9 Å². The van der Waals surface area contributed by atoms with Gasteiger partial charge in [-0.15, -0.1) is 0 Å². The van der Waals surface area contributed by atoms with Crippen LogP contribution in [0.5, 0.6) is 5.75 Å². The number of aliphatic hydroxyl groups excluding tert-OH is 1. The fraction of sp³-hybridized carbons (Fsp3) is 0.294. The number of halogens is 1. The molecule has 1 heterocycles. The number of hydrogen-bond acceptors (Lipinski definition) is 6. The Kier molecular flexibility index (Phi) is 5.33. The summed E-state index contributed by atoms with van der Waals surface area (Å²) in [5.41, 5.74) is 7.04. The van der Waals surface area contributed by atoms with Crippen LogP contribution in [0, 0.1) is 16.0 Å². The van der Waals surface area contributed by atoms with Gasteiger partial charge in [-0.3, -0.25) is 10.1 Å². The number of phenols is 1. The molecular weight excluding hydrogens is 390 g/mol. The van der Waals surface area contributed by atoms with Crippen LogP contribution in [0.25, 0.3) is 0 Å². The molecular formula is C17H18BrN3O4. The molecule has 3 rings (SSSR count). The van der Waals surface area contributed by atoms with Gasteiger partial charge in [0.25, 0.3) is 0 Å². The highest BCUT2D eigenvalue weighted by Crippen LogP contribution is 2.41. The summed E-state index contributed by atoms with van der Waals surface area (Å²) < 4.78 is 0.872. The molecule has 2 aromatic carbocycles. The zero-order valence-electron chi connectivity index (χ0n) is 13.2. The average molecular weight is 408 g/mol. The highest BCUT2D eigenvalue weighted by Gasteiger charge is 2.44. The van der Waals surface area contributed by atoms with Crippen molar-refractivity contribution in [2.45, 2.75) is 18.2 Å². The van der Waals surface area contributed by atoms with Crippen LogP contribution in [0.2, 0.25) is 0 Å². The van der Waals surface area contributed by atoms with Gasteiger partial charge >= 0.3 is 0 Å². The van der Waals surface area contributed by atoms with Crippen LogP contribution in [0.4, 0.5) is 0 Å². The molecule has 1 saturated heterocycles. The van der Waals surface area contributed by atoms with Crippen LogP contribution < -0.4 is 10.9 Å². The van der Waals surface area contributed by atoms with Crippen LogP contribution in [0.15, 0.2) is 53.0 Å². The van der Waals surface area contributed by atoms with E-state index in [0.717, 1.165) is 10.0 Å². The molecule has 0 bridgehead atoms. The van der Waals surface area contributed by atoms with Gasteiger partial charge in [-0.2, -0.15) is 0 Å². The van der Waals surface area contributed by atoms with E-state index in [0.29, 0.717) is 5.56 Å². The molecule has 0 saturated carbocycles. The van der Waals surface area contributed by atoms with Crippen LogP contribution >= 0.6 is 15.9 Å². The van der Waals surface area contributed by atoms with Crippen molar-refractivity contribution >= 4 is 15.9 Å². The third-order valence-electron chi connectivity index (χ3n) is 4.52. The van der Waals surface area contributed by atoms with Crippen LogP contribution in [-0.4, -0.2) is 27.9 Å². The number of nitro groups is 1. The first-order valence-electron chi connectivity index (χ1n) is 7.81. The average Bonchev–Trinajstić information content (AvgIpc) is 2.95. The van der Waals surface area contributed by atoms with Gasteiger partial charge in [0.05, 0.1) is 12.0 Å². The molecule has 7 nitrogen and oxygen atoms in total. The Hall–Kier alpha value is -2.00. The maximum atomic E-state index is 11.2. The second kappa shape index (κ2) is 7.49. The van der Waals surface area contributed by atoms with E-state index in [9.17, 15) is 20.3 Å². The van der Waals surface area contributed by atoms with Gasteiger partial charge in [0.2, 0.25) is 6.54 Å². The summed E-state index contributed by atoms with van der Waals surface area (Å²) in [5, 5.41) is 31.8. The van der Waals surface area contributed by atoms with E-state index >= 15 is 0 Å². The van der Waals surface area contributed by atoms with Gasteiger partial charge in [0.15, 0.2) is 0 Å². The molecule has 2 aromatic rings. The standard InChI is InChI=1S/C17H18BrN3O4/c18-11-7-5-10(6-8-11)13(9-21(24)25)15-16(19-20-17(15)23)12-3-1-2-4-14(12)22/h1-8,13,15-17,19-20,22-23H,9H2. The quantitative estimate of drug-likeness (QED) is 0.447. The van der Waals surface area contributed by atoms with E-state index in [1.165, 1.54) is 0 Å². The lowest BCUT2D eigenvalue weighted by Crippen LogP contribution is -2.34. The Morgan fingerprint density at radius 1 is 1.16 bits per heavy atom. The van der Waals surface area contributed by atoms with E-state index in [1.54, 1.807) is 24.3 Å². The molecule has 0 amide bonds. The fourth-order valence-corrected chi connectivity index (χ4v) is 3.62. The second-order valence-corrected chi connectivity index (χ2v) is 6.94. The zero-order valence-corrected chi connectivity index (χ0v) is 14.8. The first-order valence-corrected chi connectivity index (χ1v) is 8.61. The smallest absolute Gasteiger partial charge is 0.211 e. The number of hydrazine groups is 1.